The third kappa shape index (κ3) is 4.51. The number of carbonyl (C=O) groups excluding carboxylic acids is 4. The summed E-state index contributed by atoms with van der Waals surface area (Å²) in [5.74, 6) is -7.39. The van der Waals surface area contributed by atoms with E-state index in [1.807, 2.05) is 0 Å². The molecule has 1 heterocycles. The van der Waals surface area contributed by atoms with Gasteiger partial charge in [-0.1, -0.05) is 17.7 Å². The Morgan fingerprint density at radius 3 is 2.49 bits per heavy atom. The number of anilines is 1. The van der Waals surface area contributed by atoms with E-state index in [4.69, 9.17) is 0 Å². The van der Waals surface area contributed by atoms with Crippen molar-refractivity contribution in [1.29, 1.82) is 0 Å². The average molecular weight is 594 g/mol. The van der Waals surface area contributed by atoms with Crippen molar-refractivity contribution in [2.45, 2.75) is 32.0 Å². The number of rotatable bonds is 4. The molecule has 0 unspecified atom stereocenters. The van der Waals surface area contributed by atoms with Crippen molar-refractivity contribution in [3.63, 3.8) is 0 Å². The van der Waals surface area contributed by atoms with Gasteiger partial charge in [0.15, 0.2) is 11.6 Å². The number of imide groups is 1. The van der Waals surface area contributed by atoms with Crippen LogP contribution in [0.5, 0.6) is 11.5 Å². The Morgan fingerprint density at radius 2 is 1.79 bits per heavy atom. The van der Waals surface area contributed by atoms with Gasteiger partial charge in [0.1, 0.15) is 11.5 Å². The zero-order valence-corrected chi connectivity index (χ0v) is 22.3. The minimum Gasteiger partial charge on any atom is -0.508 e. The van der Waals surface area contributed by atoms with Gasteiger partial charge >= 0.3 is 6.36 Å². The number of amides is 2. The first-order valence-corrected chi connectivity index (χ1v) is 13.2. The Morgan fingerprint density at radius 1 is 1.05 bits per heavy atom. The summed E-state index contributed by atoms with van der Waals surface area (Å²) in [5, 5.41) is 22.2. The number of ether oxygens (including phenoxy) is 1. The fraction of sp³-hybridized carbons (Fsp3) is 0.267. The van der Waals surface area contributed by atoms with Crippen molar-refractivity contribution in [2.75, 3.05) is 4.90 Å². The van der Waals surface area contributed by atoms with E-state index in [2.05, 4.69) is 4.74 Å². The van der Waals surface area contributed by atoms with Crippen LogP contribution in [0.3, 0.4) is 0 Å². The second kappa shape index (κ2) is 9.75. The molecule has 10 nitrogen and oxygen atoms in total. The number of nitro benzene ring substituents is 1. The Bertz CT molecular complexity index is 1760. The molecule has 1 N–H and O–H groups in total. The third-order valence-electron chi connectivity index (χ3n) is 8.41. The minimum absolute atomic E-state index is 0.00420. The lowest BCUT2D eigenvalue weighted by Gasteiger charge is -2.42. The maximum absolute atomic E-state index is 13.9. The lowest BCUT2D eigenvalue weighted by atomic mass is 9.59. The highest BCUT2D eigenvalue weighted by Crippen LogP contribution is 2.56. The maximum atomic E-state index is 13.9. The molecule has 6 rings (SSSR count). The number of carbonyl (C=O) groups is 4. The second-order valence-corrected chi connectivity index (χ2v) is 10.8. The van der Waals surface area contributed by atoms with Crippen molar-refractivity contribution in [3.05, 3.63) is 92.6 Å². The van der Waals surface area contributed by atoms with Crippen molar-refractivity contribution in [3.8, 4) is 11.5 Å². The van der Waals surface area contributed by atoms with E-state index in [1.54, 1.807) is 6.08 Å². The number of allylic oxidation sites excluding steroid dienone is 6. The molecule has 0 aromatic heterocycles. The Kier molecular flexibility index (Phi) is 6.36. The van der Waals surface area contributed by atoms with Crippen LogP contribution in [-0.2, 0) is 19.2 Å². The van der Waals surface area contributed by atoms with E-state index in [1.165, 1.54) is 25.1 Å². The molecule has 0 saturated carbocycles. The minimum atomic E-state index is -5.05. The summed E-state index contributed by atoms with van der Waals surface area (Å²) in [4.78, 5) is 65.7. The zero-order chi connectivity index (χ0) is 31.0. The van der Waals surface area contributed by atoms with Crippen molar-refractivity contribution >= 4 is 34.8 Å². The summed E-state index contributed by atoms with van der Waals surface area (Å²) in [6, 6.07) is 7.88. The molecule has 3 aliphatic carbocycles. The van der Waals surface area contributed by atoms with Crippen LogP contribution in [0.2, 0.25) is 0 Å². The van der Waals surface area contributed by atoms with E-state index < -0.39 is 69.8 Å². The molecular formula is C30H21F3N2O8. The smallest absolute Gasteiger partial charge is 0.508 e. The van der Waals surface area contributed by atoms with Crippen LogP contribution >= 0.6 is 0 Å². The van der Waals surface area contributed by atoms with Crippen molar-refractivity contribution in [1.82, 2.24) is 0 Å². The first-order valence-electron chi connectivity index (χ1n) is 13.2. The molecule has 1 fully saturated rings. The number of non-ortho nitro benzene ring substituents is 1. The number of phenolic OH excluding ortho intramolecular Hbond substituents is 1. The first-order chi connectivity index (χ1) is 20.3. The molecule has 4 atom stereocenters. The summed E-state index contributed by atoms with van der Waals surface area (Å²) < 4.78 is 43.3. The van der Waals surface area contributed by atoms with E-state index in [0.717, 1.165) is 35.2 Å². The van der Waals surface area contributed by atoms with Gasteiger partial charge in [0.2, 0.25) is 11.8 Å². The molecular weight excluding hydrogens is 573 g/mol. The number of fused-ring (bicyclic) bond motifs is 3. The molecule has 220 valence electrons. The summed E-state index contributed by atoms with van der Waals surface area (Å²) in [5.41, 5.74) is 0.0715. The van der Waals surface area contributed by atoms with Crippen LogP contribution in [0.1, 0.15) is 31.2 Å². The highest BCUT2D eigenvalue weighted by atomic mass is 19.4. The van der Waals surface area contributed by atoms with Gasteiger partial charge in [-0.2, -0.15) is 0 Å². The summed E-state index contributed by atoms with van der Waals surface area (Å²) in [7, 11) is 0. The monoisotopic (exact) mass is 594 g/mol. The quantitative estimate of drug-likeness (QED) is 0.174. The van der Waals surface area contributed by atoms with E-state index in [-0.39, 0.29) is 46.5 Å². The molecule has 0 radical (unpaired) electrons. The van der Waals surface area contributed by atoms with Crippen LogP contribution < -0.4 is 9.64 Å². The van der Waals surface area contributed by atoms with Gasteiger partial charge in [-0.05, 0) is 56.0 Å². The maximum Gasteiger partial charge on any atom is 0.573 e. The van der Waals surface area contributed by atoms with Crippen LogP contribution in [0.15, 0.2) is 76.9 Å². The predicted molar refractivity (Wildman–Crippen MR) is 142 cm³/mol. The van der Waals surface area contributed by atoms with Gasteiger partial charge in [0.05, 0.1) is 22.4 Å². The Labute approximate surface area is 240 Å². The number of ketones is 2. The fourth-order valence-electron chi connectivity index (χ4n) is 6.68. The van der Waals surface area contributed by atoms with E-state index >= 15 is 0 Å². The van der Waals surface area contributed by atoms with Gasteiger partial charge < -0.3 is 9.84 Å². The molecule has 1 aliphatic heterocycles. The van der Waals surface area contributed by atoms with Crippen LogP contribution in [0, 0.1) is 27.9 Å². The molecule has 43 heavy (non-hydrogen) atoms. The highest BCUT2D eigenvalue weighted by Gasteiger charge is 2.57. The number of nitrogens with zero attached hydrogens (tertiary/aromatic N) is 2. The van der Waals surface area contributed by atoms with Crippen LogP contribution in [0.4, 0.5) is 24.5 Å². The normalized spacial score (nSPS) is 25.2. The summed E-state index contributed by atoms with van der Waals surface area (Å²) in [6.07, 6.45) is -2.36. The summed E-state index contributed by atoms with van der Waals surface area (Å²) >= 11 is 0. The molecule has 0 spiro atoms. The fourth-order valence-corrected chi connectivity index (χ4v) is 6.68. The topological polar surface area (TPSA) is 144 Å². The first kappa shape index (κ1) is 28.1. The molecule has 0 bridgehead atoms. The van der Waals surface area contributed by atoms with Gasteiger partial charge in [0, 0.05) is 40.3 Å². The summed E-state index contributed by atoms with van der Waals surface area (Å²) in [6.45, 7) is 1.43. The predicted octanol–water partition coefficient (Wildman–Crippen LogP) is 4.83. The highest BCUT2D eigenvalue weighted by molar-refractivity contribution is 6.25. The number of alkyl halides is 3. The van der Waals surface area contributed by atoms with Gasteiger partial charge in [-0.3, -0.25) is 29.3 Å². The van der Waals surface area contributed by atoms with Gasteiger partial charge in [-0.25, -0.2) is 4.90 Å². The number of aromatic hydroxyl groups is 1. The SMILES string of the molecule is CC1=CC(=O)C2=C(C1=O)[C@@H](c1cc(OC(F)(F)F)ccc1O)C1=CC[C@@H]3C(=O)N(c4cccc([N+](=O)[O-])c4)C(=O)[C@@H]3[C@@H]1C2. The molecule has 4 aliphatic rings. The lowest BCUT2D eigenvalue weighted by molar-refractivity contribution is -0.384. The van der Waals surface area contributed by atoms with E-state index in [0.29, 0.717) is 5.57 Å². The van der Waals surface area contributed by atoms with Gasteiger partial charge in [-0.15, -0.1) is 13.2 Å². The number of benzene rings is 2. The van der Waals surface area contributed by atoms with E-state index in [9.17, 15) is 47.6 Å². The number of hydrogen-bond donors (Lipinski definition) is 1. The Balaban J connectivity index is 1.48. The Hall–Kier alpha value is -5.07. The number of Topliss-reactive ketones (excluding diaryl/α,β-unsaturated/α-hetero) is 1. The molecule has 2 aromatic carbocycles. The lowest BCUT2D eigenvalue weighted by Crippen LogP contribution is -2.39. The molecule has 2 aromatic rings. The van der Waals surface area contributed by atoms with Crippen molar-refractivity contribution < 1.29 is 47.1 Å². The number of nitro groups is 1. The molecule has 13 heteroatoms. The number of phenols is 1. The number of halogens is 3. The molecule has 2 amide bonds. The third-order valence-corrected chi connectivity index (χ3v) is 8.41. The second-order valence-electron chi connectivity index (χ2n) is 10.8. The zero-order valence-electron chi connectivity index (χ0n) is 22.3. The molecule has 1 saturated heterocycles. The van der Waals surface area contributed by atoms with Crippen molar-refractivity contribution in [2.24, 2.45) is 17.8 Å². The standard InChI is InChI=1S/C30H21F3N2O8/c1-13-9-23(37)21-12-19-17(24(26(21)27(13)38)20-11-16(5-8-22(20)36)43-30(31,32)33)6-7-18-25(19)29(40)34(28(18)39)14-3-2-4-15(10-14)35(41)42/h2-6,8-11,18-19,24-25,36H,7,12H2,1H3/t18-,19+,24+,25-/m0/s1. The van der Waals surface area contributed by atoms with Crippen LogP contribution in [0.25, 0.3) is 0 Å². The largest absolute Gasteiger partial charge is 0.573 e. The number of hydrogen-bond acceptors (Lipinski definition) is 8. The van der Waals surface area contributed by atoms with Gasteiger partial charge in [0.25, 0.3) is 5.69 Å². The average Bonchev–Trinajstić information content (AvgIpc) is 3.20. The van der Waals surface area contributed by atoms with Crippen LogP contribution in [-0.4, -0.2) is 39.8 Å².